The van der Waals surface area contributed by atoms with E-state index in [-0.39, 0.29) is 16.7 Å². The van der Waals surface area contributed by atoms with Gasteiger partial charge in [0.1, 0.15) is 4.90 Å². The van der Waals surface area contributed by atoms with Crippen LogP contribution in [0.3, 0.4) is 0 Å². The van der Waals surface area contributed by atoms with Crippen LogP contribution in [0.15, 0.2) is 47.6 Å². The number of sulfonamides is 1. The number of rotatable bonds is 6. The number of amides is 1. The lowest BCUT2D eigenvalue weighted by Crippen LogP contribution is -2.41. The normalized spacial score (nSPS) is 19.0. The molecule has 1 aromatic carbocycles. The SMILES string of the molecule is Cc1cc(CN2CCSCC2)ccc1NC(=O)C1CCN(S(=O)(=O)c2cccnc2)CC1. The predicted octanol–water partition coefficient (Wildman–Crippen LogP) is 2.98. The summed E-state index contributed by atoms with van der Waals surface area (Å²) < 4.78 is 27.0. The fourth-order valence-corrected chi connectivity index (χ4v) is 6.64. The van der Waals surface area contributed by atoms with Gasteiger partial charge in [-0.15, -0.1) is 0 Å². The highest BCUT2D eigenvalue weighted by molar-refractivity contribution is 7.99. The molecule has 0 saturated carbocycles. The third-order valence-electron chi connectivity index (χ3n) is 6.16. The number of anilines is 1. The number of hydrogen-bond donors (Lipinski definition) is 1. The molecule has 0 spiro atoms. The van der Waals surface area contributed by atoms with E-state index in [0.717, 1.165) is 30.9 Å². The number of pyridine rings is 1. The molecule has 0 radical (unpaired) electrons. The van der Waals surface area contributed by atoms with E-state index in [0.29, 0.717) is 25.9 Å². The molecule has 1 N–H and O–H groups in total. The minimum atomic E-state index is -3.56. The summed E-state index contributed by atoms with van der Waals surface area (Å²) in [5.41, 5.74) is 3.15. The van der Waals surface area contributed by atoms with E-state index in [1.807, 2.05) is 24.8 Å². The molecule has 7 nitrogen and oxygen atoms in total. The predicted molar refractivity (Wildman–Crippen MR) is 128 cm³/mol. The van der Waals surface area contributed by atoms with Gasteiger partial charge < -0.3 is 5.32 Å². The molecule has 2 aromatic rings. The van der Waals surface area contributed by atoms with Gasteiger partial charge in [-0.1, -0.05) is 12.1 Å². The average molecular weight is 475 g/mol. The highest BCUT2D eigenvalue weighted by Gasteiger charge is 2.32. The summed E-state index contributed by atoms with van der Waals surface area (Å²) >= 11 is 2.01. The minimum absolute atomic E-state index is 0.0349. The summed E-state index contributed by atoms with van der Waals surface area (Å²) in [6.07, 6.45) is 3.94. The van der Waals surface area contributed by atoms with Crippen molar-refractivity contribution in [2.75, 3.05) is 43.0 Å². The number of aryl methyl sites for hydroxylation is 1. The Balaban J connectivity index is 1.32. The summed E-state index contributed by atoms with van der Waals surface area (Å²) in [6, 6.07) is 9.40. The quantitative estimate of drug-likeness (QED) is 0.693. The van der Waals surface area contributed by atoms with Gasteiger partial charge in [0.15, 0.2) is 0 Å². The van der Waals surface area contributed by atoms with Crippen molar-refractivity contribution in [1.82, 2.24) is 14.2 Å². The summed E-state index contributed by atoms with van der Waals surface area (Å²) in [5.74, 6) is 2.15. The van der Waals surface area contributed by atoms with Crippen LogP contribution >= 0.6 is 11.8 Å². The first kappa shape index (κ1) is 23.2. The van der Waals surface area contributed by atoms with Crippen molar-refractivity contribution in [3.63, 3.8) is 0 Å². The first-order valence-electron chi connectivity index (χ1n) is 11.0. The molecule has 4 rings (SSSR count). The molecule has 32 heavy (non-hydrogen) atoms. The number of piperidine rings is 1. The largest absolute Gasteiger partial charge is 0.326 e. The molecule has 2 fully saturated rings. The molecule has 172 valence electrons. The fourth-order valence-electron chi connectivity index (χ4n) is 4.22. The summed E-state index contributed by atoms with van der Waals surface area (Å²) in [7, 11) is -3.56. The average Bonchev–Trinajstić information content (AvgIpc) is 2.82. The van der Waals surface area contributed by atoms with Gasteiger partial charge in [0.25, 0.3) is 0 Å². The molecular weight excluding hydrogens is 444 g/mol. The number of nitrogens with zero attached hydrogens (tertiary/aromatic N) is 3. The molecule has 0 bridgehead atoms. The Hall–Kier alpha value is -1.94. The number of carbonyl (C=O) groups excluding carboxylic acids is 1. The van der Waals surface area contributed by atoms with Crippen LogP contribution in [0.4, 0.5) is 5.69 Å². The molecule has 0 atom stereocenters. The van der Waals surface area contributed by atoms with E-state index < -0.39 is 10.0 Å². The number of hydrogen-bond acceptors (Lipinski definition) is 6. The van der Waals surface area contributed by atoms with E-state index >= 15 is 0 Å². The van der Waals surface area contributed by atoms with Crippen molar-refractivity contribution < 1.29 is 13.2 Å². The van der Waals surface area contributed by atoms with E-state index in [1.165, 1.54) is 27.6 Å². The van der Waals surface area contributed by atoms with Crippen molar-refractivity contribution >= 4 is 33.4 Å². The van der Waals surface area contributed by atoms with Gasteiger partial charge in [-0.3, -0.25) is 14.7 Å². The second-order valence-electron chi connectivity index (χ2n) is 8.39. The molecule has 2 aliphatic rings. The van der Waals surface area contributed by atoms with Crippen LogP contribution in [0.5, 0.6) is 0 Å². The minimum Gasteiger partial charge on any atom is -0.326 e. The smallest absolute Gasteiger partial charge is 0.244 e. The van der Waals surface area contributed by atoms with Gasteiger partial charge in [0, 0.05) is 68.2 Å². The molecule has 9 heteroatoms. The third kappa shape index (κ3) is 5.51. The zero-order chi connectivity index (χ0) is 22.6. The monoisotopic (exact) mass is 474 g/mol. The topological polar surface area (TPSA) is 82.6 Å². The van der Waals surface area contributed by atoms with Crippen LogP contribution in [0.2, 0.25) is 0 Å². The van der Waals surface area contributed by atoms with E-state index in [2.05, 4.69) is 27.3 Å². The van der Waals surface area contributed by atoms with Crippen LogP contribution in [0.1, 0.15) is 24.0 Å². The van der Waals surface area contributed by atoms with Crippen molar-refractivity contribution in [3.05, 3.63) is 53.9 Å². The number of aromatic nitrogens is 1. The molecule has 2 aliphatic heterocycles. The number of nitrogens with one attached hydrogen (secondary N) is 1. The Labute approximate surface area is 194 Å². The molecular formula is C23H30N4O3S2. The van der Waals surface area contributed by atoms with Crippen molar-refractivity contribution in [3.8, 4) is 0 Å². The Morgan fingerprint density at radius 1 is 1.16 bits per heavy atom. The lowest BCUT2D eigenvalue weighted by atomic mass is 9.97. The van der Waals surface area contributed by atoms with Crippen LogP contribution in [0.25, 0.3) is 0 Å². The lowest BCUT2D eigenvalue weighted by Gasteiger charge is -2.30. The van der Waals surface area contributed by atoms with Crippen molar-refractivity contribution in [1.29, 1.82) is 0 Å². The second kappa shape index (κ2) is 10.3. The molecule has 3 heterocycles. The van der Waals surface area contributed by atoms with Gasteiger partial charge in [-0.25, -0.2) is 8.42 Å². The Bertz CT molecular complexity index is 1030. The molecule has 2 saturated heterocycles. The second-order valence-corrected chi connectivity index (χ2v) is 11.6. The van der Waals surface area contributed by atoms with Gasteiger partial charge in [-0.2, -0.15) is 16.1 Å². The summed E-state index contributed by atoms with van der Waals surface area (Å²) in [5, 5.41) is 3.06. The Kier molecular flexibility index (Phi) is 7.50. The summed E-state index contributed by atoms with van der Waals surface area (Å²) in [6.45, 7) is 5.88. The highest BCUT2D eigenvalue weighted by Crippen LogP contribution is 2.26. The van der Waals surface area contributed by atoms with E-state index in [4.69, 9.17) is 0 Å². The van der Waals surface area contributed by atoms with Crippen molar-refractivity contribution in [2.45, 2.75) is 31.2 Å². The van der Waals surface area contributed by atoms with Crippen molar-refractivity contribution in [2.24, 2.45) is 5.92 Å². The number of benzene rings is 1. The molecule has 0 aliphatic carbocycles. The van der Waals surface area contributed by atoms with Crippen LogP contribution < -0.4 is 5.32 Å². The Morgan fingerprint density at radius 3 is 2.56 bits per heavy atom. The standard InChI is InChI=1S/C23H30N4O3S2/c1-18-15-19(17-26-11-13-31-14-12-26)4-5-22(18)25-23(28)20-6-9-27(10-7-20)32(29,30)21-3-2-8-24-16-21/h2-5,8,15-16,20H,6-7,9-14,17H2,1H3,(H,25,28). The molecule has 1 amide bonds. The van der Waals surface area contributed by atoms with Gasteiger partial charge >= 0.3 is 0 Å². The van der Waals surface area contributed by atoms with Crippen LogP contribution in [0, 0.1) is 12.8 Å². The van der Waals surface area contributed by atoms with Gasteiger partial charge in [0.2, 0.25) is 15.9 Å². The van der Waals surface area contributed by atoms with E-state index in [1.54, 1.807) is 18.3 Å². The summed E-state index contributed by atoms with van der Waals surface area (Å²) in [4.78, 5) is 19.4. The molecule has 0 unspecified atom stereocenters. The van der Waals surface area contributed by atoms with Crippen LogP contribution in [-0.2, 0) is 21.4 Å². The molecule has 1 aromatic heterocycles. The maximum absolute atomic E-state index is 12.8. The lowest BCUT2D eigenvalue weighted by molar-refractivity contribution is -0.120. The Morgan fingerprint density at radius 2 is 1.91 bits per heavy atom. The highest BCUT2D eigenvalue weighted by atomic mass is 32.2. The number of carbonyl (C=O) groups is 1. The first-order chi connectivity index (χ1) is 15.4. The number of thioether (sulfide) groups is 1. The zero-order valence-electron chi connectivity index (χ0n) is 18.4. The third-order valence-corrected chi connectivity index (χ3v) is 8.98. The maximum atomic E-state index is 12.8. The van der Waals surface area contributed by atoms with Crippen LogP contribution in [-0.4, -0.2) is 66.2 Å². The maximum Gasteiger partial charge on any atom is 0.244 e. The fraction of sp³-hybridized carbons (Fsp3) is 0.478. The zero-order valence-corrected chi connectivity index (χ0v) is 20.0. The van der Waals surface area contributed by atoms with E-state index in [9.17, 15) is 13.2 Å². The van der Waals surface area contributed by atoms with Gasteiger partial charge in [0.05, 0.1) is 0 Å². The van der Waals surface area contributed by atoms with Gasteiger partial charge in [-0.05, 0) is 49.1 Å². The first-order valence-corrected chi connectivity index (χ1v) is 13.6.